The van der Waals surface area contributed by atoms with E-state index in [4.69, 9.17) is 0 Å². The fourth-order valence-corrected chi connectivity index (χ4v) is 4.49. The normalized spacial score (nSPS) is 19.7. The number of halogens is 1. The Hall–Kier alpha value is -2.06. The van der Waals surface area contributed by atoms with Gasteiger partial charge in [-0.15, -0.1) is 11.3 Å². The monoisotopic (exact) mass is 362 g/mol. The van der Waals surface area contributed by atoms with Crippen molar-refractivity contribution in [3.63, 3.8) is 0 Å². The number of rotatable bonds is 4. The van der Waals surface area contributed by atoms with Gasteiger partial charge in [-0.05, 0) is 39.2 Å². The molecule has 25 heavy (non-hydrogen) atoms. The largest absolute Gasteiger partial charge is 0.396 e. The Kier molecular flexibility index (Phi) is 3.77. The highest BCUT2D eigenvalue weighted by Crippen LogP contribution is 2.49. The maximum Gasteiger partial charge on any atom is 0.295 e. The highest BCUT2D eigenvalue weighted by atomic mass is 32.1. The first-order chi connectivity index (χ1) is 11.9. The molecule has 0 spiro atoms. The fourth-order valence-electron chi connectivity index (χ4n) is 3.44. The summed E-state index contributed by atoms with van der Waals surface area (Å²) in [4.78, 5) is 18.5. The number of hydrogen-bond acceptors (Lipinski definition) is 5. The molecule has 0 aliphatic heterocycles. The number of aromatic nitrogens is 4. The molecule has 0 amide bonds. The van der Waals surface area contributed by atoms with Crippen LogP contribution in [-0.2, 0) is 6.54 Å². The number of aryl methyl sites for hydroxylation is 3. The Labute approximate surface area is 147 Å². The smallest absolute Gasteiger partial charge is 0.295 e. The van der Waals surface area contributed by atoms with Crippen molar-refractivity contribution < 1.29 is 9.50 Å². The Bertz CT molecular complexity index is 1040. The molecule has 3 aromatic rings. The highest BCUT2D eigenvalue weighted by Gasteiger charge is 2.41. The van der Waals surface area contributed by atoms with Crippen molar-refractivity contribution >= 4 is 16.3 Å². The maximum atomic E-state index is 14.7. The first-order valence-electron chi connectivity index (χ1n) is 8.23. The molecule has 1 fully saturated rings. The third kappa shape index (κ3) is 2.60. The third-order valence-electron chi connectivity index (χ3n) is 4.82. The summed E-state index contributed by atoms with van der Waals surface area (Å²) >= 11 is 1.39. The molecule has 6 nitrogen and oxygen atoms in total. The molecular weight excluding hydrogens is 343 g/mol. The maximum absolute atomic E-state index is 14.7. The quantitative estimate of drug-likeness (QED) is 0.772. The Morgan fingerprint density at radius 1 is 1.40 bits per heavy atom. The zero-order valence-corrected chi connectivity index (χ0v) is 15.1. The minimum atomic E-state index is -0.828. The van der Waals surface area contributed by atoms with Gasteiger partial charge in [-0.25, -0.2) is 4.98 Å². The highest BCUT2D eigenvalue weighted by molar-refractivity contribution is 7.17. The van der Waals surface area contributed by atoms with E-state index in [1.165, 1.54) is 15.7 Å². The predicted molar refractivity (Wildman–Crippen MR) is 92.8 cm³/mol. The summed E-state index contributed by atoms with van der Waals surface area (Å²) in [6.07, 6.45) is 0.824. The number of thiazole rings is 1. The van der Waals surface area contributed by atoms with Crippen molar-refractivity contribution in [2.75, 3.05) is 6.61 Å². The molecule has 132 valence electrons. The van der Waals surface area contributed by atoms with Crippen LogP contribution < -0.4 is 5.56 Å². The Morgan fingerprint density at radius 2 is 2.16 bits per heavy atom. The first-order valence-corrected chi connectivity index (χ1v) is 9.04. The number of aliphatic hydroxyl groups is 1. The van der Waals surface area contributed by atoms with Gasteiger partial charge in [0.05, 0.1) is 12.2 Å². The second kappa shape index (κ2) is 5.74. The summed E-state index contributed by atoms with van der Waals surface area (Å²) in [7, 11) is 0. The van der Waals surface area contributed by atoms with E-state index in [9.17, 15) is 14.3 Å². The van der Waals surface area contributed by atoms with Crippen molar-refractivity contribution in [1.29, 1.82) is 0 Å². The van der Waals surface area contributed by atoms with Gasteiger partial charge in [0.15, 0.2) is 4.96 Å². The van der Waals surface area contributed by atoms with Crippen LogP contribution in [0.15, 0.2) is 10.9 Å². The molecule has 1 aliphatic rings. The first kappa shape index (κ1) is 16.4. The van der Waals surface area contributed by atoms with Crippen LogP contribution in [0.5, 0.6) is 0 Å². The third-order valence-corrected chi connectivity index (χ3v) is 5.80. The molecule has 8 heteroatoms. The van der Waals surface area contributed by atoms with Crippen LogP contribution in [0.2, 0.25) is 0 Å². The average molecular weight is 362 g/mol. The number of aliphatic hydroxyl groups excluding tert-OH is 1. The summed E-state index contributed by atoms with van der Waals surface area (Å²) in [5, 5.41) is 13.6. The van der Waals surface area contributed by atoms with Gasteiger partial charge in [0.25, 0.3) is 5.56 Å². The molecule has 0 radical (unpaired) electrons. The van der Waals surface area contributed by atoms with Crippen molar-refractivity contribution in [2.45, 2.75) is 39.7 Å². The van der Waals surface area contributed by atoms with Crippen LogP contribution in [0.25, 0.3) is 4.96 Å². The second-order valence-corrected chi connectivity index (χ2v) is 7.89. The molecular formula is C17H19FN4O2S. The van der Waals surface area contributed by atoms with Gasteiger partial charge in [0.2, 0.25) is 5.82 Å². The van der Waals surface area contributed by atoms with Gasteiger partial charge in [-0.2, -0.15) is 9.49 Å². The standard InChI is InChI=1S/C17H19FN4O2S/c1-8-4-9(2)21(20-8)6-13-14(18)16(24)22-15(12-5-11(12)7-23)10(3)25-17(22)19-13/h4,11-12,23H,5-7H2,1-3H3/t11-,12+/m0/s1. The lowest BCUT2D eigenvalue weighted by atomic mass is 10.2. The molecule has 0 saturated heterocycles. The molecule has 3 aromatic heterocycles. The van der Waals surface area contributed by atoms with Gasteiger partial charge in [0.1, 0.15) is 5.69 Å². The van der Waals surface area contributed by atoms with Gasteiger partial charge >= 0.3 is 0 Å². The van der Waals surface area contributed by atoms with E-state index in [-0.39, 0.29) is 30.7 Å². The predicted octanol–water partition coefficient (Wildman–Crippen LogP) is 2.16. The van der Waals surface area contributed by atoms with Gasteiger partial charge in [0, 0.05) is 28.8 Å². The molecule has 1 N–H and O–H groups in total. The molecule has 2 atom stereocenters. The number of fused-ring (bicyclic) bond motifs is 1. The van der Waals surface area contributed by atoms with Crippen LogP contribution in [0.4, 0.5) is 4.39 Å². The van der Waals surface area contributed by atoms with Crippen molar-refractivity contribution in [3.8, 4) is 0 Å². The zero-order chi connectivity index (χ0) is 17.9. The summed E-state index contributed by atoms with van der Waals surface area (Å²) in [6, 6.07) is 1.90. The van der Waals surface area contributed by atoms with Crippen LogP contribution in [0, 0.1) is 32.5 Å². The Balaban J connectivity index is 1.82. The second-order valence-electron chi connectivity index (χ2n) is 6.71. The molecule has 1 aliphatic carbocycles. The van der Waals surface area contributed by atoms with E-state index in [0.717, 1.165) is 28.4 Å². The van der Waals surface area contributed by atoms with E-state index in [1.807, 2.05) is 26.8 Å². The summed E-state index contributed by atoms with van der Waals surface area (Å²) < 4.78 is 17.8. The molecule has 0 unspecified atom stereocenters. The topological polar surface area (TPSA) is 72.4 Å². The van der Waals surface area contributed by atoms with E-state index < -0.39 is 11.4 Å². The van der Waals surface area contributed by atoms with E-state index in [0.29, 0.717) is 4.96 Å². The van der Waals surface area contributed by atoms with Crippen LogP contribution in [0.1, 0.15) is 40.0 Å². The van der Waals surface area contributed by atoms with Gasteiger partial charge in [-0.1, -0.05) is 0 Å². The molecule has 1 saturated carbocycles. The minimum Gasteiger partial charge on any atom is -0.396 e. The lowest BCUT2D eigenvalue weighted by molar-refractivity contribution is 0.273. The number of nitrogens with zero attached hydrogens (tertiary/aromatic N) is 4. The average Bonchev–Trinajstić information content (AvgIpc) is 3.16. The fraction of sp³-hybridized carbons (Fsp3) is 0.471. The summed E-state index contributed by atoms with van der Waals surface area (Å²) in [5.74, 6) is -0.564. The van der Waals surface area contributed by atoms with Crippen molar-refractivity contribution in [2.24, 2.45) is 5.92 Å². The van der Waals surface area contributed by atoms with Crippen LogP contribution in [-0.4, -0.2) is 30.9 Å². The molecule has 0 bridgehead atoms. The van der Waals surface area contributed by atoms with E-state index in [1.54, 1.807) is 4.68 Å². The van der Waals surface area contributed by atoms with Gasteiger partial charge < -0.3 is 5.11 Å². The minimum absolute atomic E-state index is 0.0854. The van der Waals surface area contributed by atoms with Crippen molar-refractivity contribution in [3.05, 3.63) is 49.9 Å². The van der Waals surface area contributed by atoms with E-state index in [2.05, 4.69) is 10.1 Å². The lowest BCUT2D eigenvalue weighted by Gasteiger charge is -2.07. The molecule has 3 heterocycles. The summed E-state index contributed by atoms with van der Waals surface area (Å²) in [6.45, 7) is 5.89. The lowest BCUT2D eigenvalue weighted by Crippen LogP contribution is -2.23. The molecule has 4 rings (SSSR count). The van der Waals surface area contributed by atoms with E-state index >= 15 is 0 Å². The zero-order valence-electron chi connectivity index (χ0n) is 14.3. The molecule has 0 aromatic carbocycles. The Morgan fingerprint density at radius 3 is 2.76 bits per heavy atom. The van der Waals surface area contributed by atoms with Gasteiger partial charge in [-0.3, -0.25) is 13.9 Å². The van der Waals surface area contributed by atoms with Crippen molar-refractivity contribution in [1.82, 2.24) is 19.2 Å². The number of hydrogen-bond donors (Lipinski definition) is 1. The summed E-state index contributed by atoms with van der Waals surface area (Å²) in [5.41, 5.74) is 1.98. The SMILES string of the molecule is Cc1cc(C)n(Cc2nc3sc(C)c([C@@H]4C[C@H]4CO)n3c(=O)c2F)n1. The van der Waals surface area contributed by atoms with Crippen LogP contribution in [0.3, 0.4) is 0 Å². The van der Waals surface area contributed by atoms with Crippen LogP contribution >= 0.6 is 11.3 Å².